The molecule has 4 atom stereocenters. The first-order valence-corrected chi connectivity index (χ1v) is 7.61. The first kappa shape index (κ1) is 15.5. The molecule has 1 aliphatic heterocycles. The highest BCUT2D eigenvalue weighted by Gasteiger charge is 2.53. The van der Waals surface area contributed by atoms with Crippen LogP contribution in [0.5, 0.6) is 0 Å². The third-order valence-corrected chi connectivity index (χ3v) is 5.78. The smallest absolute Gasteiger partial charge is 0.302 e. The first-order valence-electron chi connectivity index (χ1n) is 7.61. The maximum absolute atomic E-state index is 11.3. The molecule has 3 rings (SSSR count). The number of ether oxygens (including phenoxy) is 1. The number of halogens is 1. The van der Waals surface area contributed by atoms with Gasteiger partial charge in [0.1, 0.15) is 6.10 Å². The van der Waals surface area contributed by atoms with Gasteiger partial charge in [0.05, 0.1) is 26.2 Å². The Bertz CT molecular complexity index is 341. The second-order valence-corrected chi connectivity index (χ2v) is 6.85. The zero-order valence-corrected chi connectivity index (χ0v) is 14.3. The van der Waals surface area contributed by atoms with Gasteiger partial charge in [0.15, 0.2) is 0 Å². The lowest BCUT2D eigenvalue weighted by molar-refractivity contribution is -0.927. The second-order valence-electron chi connectivity index (χ2n) is 6.85. The van der Waals surface area contributed by atoms with Gasteiger partial charge < -0.3 is 33.2 Å². The molecule has 0 aromatic heterocycles. The summed E-state index contributed by atoms with van der Waals surface area (Å²) in [4.78, 5) is 11.3. The van der Waals surface area contributed by atoms with E-state index in [1.165, 1.54) is 56.1 Å². The Balaban J connectivity index is 0.00000133. The fourth-order valence-corrected chi connectivity index (χ4v) is 4.94. The van der Waals surface area contributed by atoms with E-state index in [0.717, 1.165) is 6.04 Å². The molecule has 3 aliphatic rings. The zero-order valence-electron chi connectivity index (χ0n) is 12.1. The first-order chi connectivity index (χ1) is 8.60. The molecule has 0 aromatic carbocycles. The predicted molar refractivity (Wildman–Crippen MR) is 69.9 cm³/mol. The summed E-state index contributed by atoms with van der Waals surface area (Å²) in [6, 6.07) is 0.746. The van der Waals surface area contributed by atoms with Crippen molar-refractivity contribution in [1.82, 2.24) is 0 Å². The number of carbonyl (C=O) groups is 1. The fourth-order valence-electron chi connectivity index (χ4n) is 4.94. The van der Waals surface area contributed by atoms with Crippen molar-refractivity contribution >= 4 is 5.97 Å². The van der Waals surface area contributed by atoms with E-state index in [4.69, 9.17) is 4.74 Å². The van der Waals surface area contributed by atoms with Crippen molar-refractivity contribution in [1.29, 1.82) is 0 Å². The molecule has 1 heterocycles. The summed E-state index contributed by atoms with van der Waals surface area (Å²) < 4.78 is 6.91. The SMILES string of the molecule is CC(=O)OC1C2CCC1C([N+]1(C)CCCC1)CC2.[I-]. The van der Waals surface area contributed by atoms with Gasteiger partial charge in [-0.15, -0.1) is 0 Å². The van der Waals surface area contributed by atoms with E-state index in [9.17, 15) is 4.79 Å². The molecule has 3 fully saturated rings. The Morgan fingerprint density at radius 1 is 1.11 bits per heavy atom. The zero-order chi connectivity index (χ0) is 12.8. The van der Waals surface area contributed by atoms with E-state index >= 15 is 0 Å². The molecule has 4 heteroatoms. The van der Waals surface area contributed by atoms with Crippen LogP contribution >= 0.6 is 0 Å². The Morgan fingerprint density at radius 2 is 1.74 bits per heavy atom. The van der Waals surface area contributed by atoms with Crippen molar-refractivity contribution in [2.45, 2.75) is 57.6 Å². The molecule has 1 saturated heterocycles. The molecular formula is C15H26INO2. The number of fused-ring (bicyclic) bond motifs is 2. The van der Waals surface area contributed by atoms with Crippen molar-refractivity contribution in [2.24, 2.45) is 11.8 Å². The fraction of sp³-hybridized carbons (Fsp3) is 0.933. The summed E-state index contributed by atoms with van der Waals surface area (Å²) >= 11 is 0. The van der Waals surface area contributed by atoms with E-state index in [-0.39, 0.29) is 36.0 Å². The number of esters is 1. The van der Waals surface area contributed by atoms with Gasteiger partial charge in [0.25, 0.3) is 0 Å². The Morgan fingerprint density at radius 3 is 2.37 bits per heavy atom. The summed E-state index contributed by atoms with van der Waals surface area (Å²) in [5.74, 6) is 1.21. The molecule has 0 aromatic rings. The number of carbonyl (C=O) groups excluding carboxylic acids is 1. The van der Waals surface area contributed by atoms with E-state index in [2.05, 4.69) is 7.05 Å². The average molecular weight is 379 g/mol. The minimum atomic E-state index is -0.0818. The summed E-state index contributed by atoms with van der Waals surface area (Å²) in [5.41, 5.74) is 0. The molecule has 2 saturated carbocycles. The molecule has 3 nitrogen and oxygen atoms in total. The van der Waals surface area contributed by atoms with Crippen molar-refractivity contribution < 1.29 is 38.0 Å². The summed E-state index contributed by atoms with van der Waals surface area (Å²) in [6.07, 6.45) is 8.16. The van der Waals surface area contributed by atoms with Crippen LogP contribution in [-0.4, -0.2) is 42.7 Å². The van der Waals surface area contributed by atoms with E-state index in [1.54, 1.807) is 6.92 Å². The minimum Gasteiger partial charge on any atom is -1.00 e. The van der Waals surface area contributed by atoms with Gasteiger partial charge in [-0.3, -0.25) is 4.79 Å². The van der Waals surface area contributed by atoms with Crippen molar-refractivity contribution in [3.63, 3.8) is 0 Å². The van der Waals surface area contributed by atoms with Crippen molar-refractivity contribution in [2.75, 3.05) is 20.1 Å². The number of quaternary nitrogens is 1. The highest BCUT2D eigenvalue weighted by molar-refractivity contribution is 5.66. The van der Waals surface area contributed by atoms with Crippen molar-refractivity contribution in [3.05, 3.63) is 0 Å². The standard InChI is InChI=1S/C15H26NO2.HI/c1-11(17)18-15-12-5-7-13(15)14(8-6-12)16(2)9-3-4-10-16;/h12-15H,3-10H2,1-2H3;1H/q+1;/p-1. The van der Waals surface area contributed by atoms with Gasteiger partial charge in [-0.1, -0.05) is 0 Å². The van der Waals surface area contributed by atoms with Crippen LogP contribution in [-0.2, 0) is 9.53 Å². The van der Waals surface area contributed by atoms with Crippen LogP contribution < -0.4 is 24.0 Å². The average Bonchev–Trinajstić information content (AvgIpc) is 2.83. The highest BCUT2D eigenvalue weighted by Crippen LogP contribution is 2.48. The van der Waals surface area contributed by atoms with E-state index in [0.29, 0.717) is 11.8 Å². The van der Waals surface area contributed by atoms with Gasteiger partial charge in [-0.05, 0) is 25.2 Å². The Hall–Kier alpha value is 0.160. The molecule has 19 heavy (non-hydrogen) atoms. The Kier molecular flexibility index (Phi) is 4.81. The molecule has 2 aliphatic carbocycles. The van der Waals surface area contributed by atoms with Gasteiger partial charge in [0.2, 0.25) is 0 Å². The van der Waals surface area contributed by atoms with Crippen molar-refractivity contribution in [3.8, 4) is 0 Å². The minimum absolute atomic E-state index is 0. The molecule has 0 N–H and O–H groups in total. The molecule has 0 radical (unpaired) electrons. The number of hydrogen-bond donors (Lipinski definition) is 0. The van der Waals surface area contributed by atoms with Gasteiger partial charge >= 0.3 is 5.97 Å². The second kappa shape index (κ2) is 5.88. The topological polar surface area (TPSA) is 26.3 Å². The van der Waals surface area contributed by atoms with Gasteiger partial charge in [-0.25, -0.2) is 0 Å². The van der Waals surface area contributed by atoms with Crippen LogP contribution in [0.25, 0.3) is 0 Å². The molecule has 4 unspecified atom stereocenters. The van der Waals surface area contributed by atoms with Crippen LogP contribution in [0, 0.1) is 11.8 Å². The van der Waals surface area contributed by atoms with E-state index < -0.39 is 0 Å². The molecule has 110 valence electrons. The van der Waals surface area contributed by atoms with Crippen LogP contribution in [0.2, 0.25) is 0 Å². The quantitative estimate of drug-likeness (QED) is 0.362. The lowest BCUT2D eigenvalue weighted by atomic mass is 9.80. The van der Waals surface area contributed by atoms with Crippen LogP contribution in [0.3, 0.4) is 0 Å². The maximum Gasteiger partial charge on any atom is 0.302 e. The van der Waals surface area contributed by atoms with Crippen LogP contribution in [0.15, 0.2) is 0 Å². The van der Waals surface area contributed by atoms with Crippen LogP contribution in [0.1, 0.15) is 45.4 Å². The molecular weight excluding hydrogens is 353 g/mol. The normalized spacial score (nSPS) is 39.7. The molecule has 0 spiro atoms. The lowest BCUT2D eigenvalue weighted by Gasteiger charge is -2.45. The number of hydrogen-bond acceptors (Lipinski definition) is 2. The largest absolute Gasteiger partial charge is 1.00 e. The Labute approximate surface area is 133 Å². The summed E-state index contributed by atoms with van der Waals surface area (Å²) in [7, 11) is 2.43. The van der Waals surface area contributed by atoms with Gasteiger partial charge in [-0.2, -0.15) is 0 Å². The van der Waals surface area contributed by atoms with Gasteiger partial charge in [0, 0.05) is 32.1 Å². The number of likely N-dealkylation sites (tertiary alicyclic amines) is 1. The monoisotopic (exact) mass is 379 g/mol. The molecule has 0 amide bonds. The third kappa shape index (κ3) is 2.80. The summed E-state index contributed by atoms with van der Waals surface area (Å²) in [5, 5.41) is 0. The maximum atomic E-state index is 11.3. The predicted octanol–water partition coefficient (Wildman–Crippen LogP) is -0.649. The highest BCUT2D eigenvalue weighted by atomic mass is 127. The molecule has 2 bridgehead atoms. The van der Waals surface area contributed by atoms with Crippen LogP contribution in [0.4, 0.5) is 0 Å². The summed E-state index contributed by atoms with van der Waals surface area (Å²) in [6.45, 7) is 4.23. The number of rotatable bonds is 2. The number of nitrogens with zero attached hydrogens (tertiary/aromatic N) is 1. The van der Waals surface area contributed by atoms with E-state index in [1.807, 2.05) is 0 Å². The third-order valence-electron chi connectivity index (χ3n) is 5.78. The lowest BCUT2D eigenvalue weighted by Crippen LogP contribution is -3.00.